The van der Waals surface area contributed by atoms with Gasteiger partial charge in [0, 0.05) is 62.6 Å². The van der Waals surface area contributed by atoms with E-state index in [1.165, 1.54) is 27.1 Å². The largest absolute Gasteiger partial charge is 0.221 e. The van der Waals surface area contributed by atoms with Crippen LogP contribution in [0, 0.1) is 0 Å². The number of thiocarbonyl (C=S) groups is 2. The summed E-state index contributed by atoms with van der Waals surface area (Å²) in [6, 6.07) is 85.7. The molecule has 0 radical (unpaired) electrons. The molecule has 0 bridgehead atoms. The van der Waals surface area contributed by atoms with Crippen LogP contribution in [0.5, 0.6) is 0 Å². The minimum atomic E-state index is -1.16. The van der Waals surface area contributed by atoms with E-state index in [1.807, 2.05) is 72.8 Å². The van der Waals surface area contributed by atoms with E-state index in [-0.39, 0.29) is 40.8 Å². The summed E-state index contributed by atoms with van der Waals surface area (Å²) in [5.74, 6) is 1.17. The van der Waals surface area contributed by atoms with Crippen molar-refractivity contribution in [3.8, 4) is 0 Å². The number of nitrogens with zero attached hydrogens (tertiary/aromatic N) is 2. The number of benzene rings is 8. The van der Waals surface area contributed by atoms with Gasteiger partial charge in [0.15, 0.2) is 0 Å². The fourth-order valence-corrected chi connectivity index (χ4v) is 20.6. The first-order valence-corrected chi connectivity index (χ1v) is 26.0. The molecule has 0 heterocycles. The van der Waals surface area contributed by atoms with Crippen LogP contribution in [-0.4, -0.2) is 21.4 Å². The number of rotatable bonds is 14. The number of isothiocyanates is 2. The number of hydrogen-bond donors (Lipinski definition) is 0. The van der Waals surface area contributed by atoms with Crippen molar-refractivity contribution >= 4 is 109 Å². The number of aliphatic imine (C=N–C) groups is 2. The molecule has 312 valence electrons. The second-order valence-corrected chi connectivity index (χ2v) is 23.6. The van der Waals surface area contributed by atoms with Gasteiger partial charge < -0.3 is 0 Å². The van der Waals surface area contributed by atoms with Crippen molar-refractivity contribution in [3.05, 3.63) is 243 Å². The van der Waals surface area contributed by atoms with Crippen molar-refractivity contribution in [3.63, 3.8) is 0 Å². The van der Waals surface area contributed by atoms with Crippen molar-refractivity contribution in [2.45, 2.75) is 5.15 Å². The molecule has 0 aliphatic rings. The second-order valence-electron chi connectivity index (χ2n) is 13.4. The average molecular weight is 1100 g/mol. The van der Waals surface area contributed by atoms with E-state index < -0.39 is 36.8 Å². The standard InChI is InChI=1S/C27H20N2P2S2.C25H22P2.2Pd/c32-21-28-27(29-22-33,30(23-13-5-1-6-14-23)24-15-7-2-8-16-24)31(25-17-9-3-10-18-25)26-19-11-4-12-20-26;1-5-13-22(14-6-1)26(23-15-7-2-8-16-23)21-27(24-17-9-3-10-18-24)25-19-11-4-12-20-25;;/h1-20H;1-20H,21H2;;. The molecule has 0 N–H and O–H groups in total. The molecule has 0 fully saturated rings. The van der Waals surface area contributed by atoms with Gasteiger partial charge in [0.25, 0.3) is 0 Å². The summed E-state index contributed by atoms with van der Waals surface area (Å²) < 4.78 is 0. The van der Waals surface area contributed by atoms with Crippen LogP contribution in [-0.2, 0) is 40.8 Å². The summed E-state index contributed by atoms with van der Waals surface area (Å²) in [5.41, 5.74) is 0. The van der Waals surface area contributed by atoms with E-state index in [4.69, 9.17) is 34.4 Å². The van der Waals surface area contributed by atoms with Crippen LogP contribution in [0.1, 0.15) is 0 Å². The smallest absolute Gasteiger partial charge is 0.191 e. The summed E-state index contributed by atoms with van der Waals surface area (Å²) in [6.45, 7) is 0. The van der Waals surface area contributed by atoms with Crippen molar-refractivity contribution in [1.29, 1.82) is 0 Å². The molecular weight excluding hydrogens is 1050 g/mol. The normalized spacial score (nSPS) is 10.6. The van der Waals surface area contributed by atoms with Crippen LogP contribution in [0.3, 0.4) is 0 Å². The molecule has 0 atom stereocenters. The molecule has 2 nitrogen and oxygen atoms in total. The molecule has 62 heavy (non-hydrogen) atoms. The predicted octanol–water partition coefficient (Wildman–Crippen LogP) is 11.3. The Labute approximate surface area is 409 Å². The Morgan fingerprint density at radius 3 is 0.661 bits per heavy atom. The summed E-state index contributed by atoms with van der Waals surface area (Å²) in [5, 5.41) is 14.8. The Kier molecular flexibility index (Phi) is 20.9. The van der Waals surface area contributed by atoms with E-state index in [1.54, 1.807) is 0 Å². The molecule has 0 saturated heterocycles. The molecule has 0 saturated carbocycles. The van der Waals surface area contributed by atoms with Gasteiger partial charge in [0.05, 0.1) is 10.3 Å². The van der Waals surface area contributed by atoms with Crippen LogP contribution < -0.4 is 42.4 Å². The molecule has 0 aliphatic carbocycles. The Bertz CT molecular complexity index is 2250. The topological polar surface area (TPSA) is 24.7 Å². The monoisotopic (exact) mass is 1090 g/mol. The number of hydrogen-bond acceptors (Lipinski definition) is 4. The van der Waals surface area contributed by atoms with Gasteiger partial charge in [-0.2, -0.15) is 9.98 Å². The maximum absolute atomic E-state index is 5.23. The molecule has 8 aromatic rings. The Balaban J connectivity index is 0.000000231. The zero-order valence-corrected chi connectivity index (χ0v) is 41.8. The van der Waals surface area contributed by atoms with E-state index in [2.05, 4.69) is 180 Å². The van der Waals surface area contributed by atoms with Crippen LogP contribution in [0.25, 0.3) is 0 Å². The summed E-state index contributed by atoms with van der Waals surface area (Å²) >= 11 is 10.5. The molecule has 0 unspecified atom stereocenters. The quantitative estimate of drug-likeness (QED) is 0.0469. The van der Waals surface area contributed by atoms with Crippen molar-refractivity contribution in [2.24, 2.45) is 9.98 Å². The Morgan fingerprint density at radius 1 is 0.306 bits per heavy atom. The predicted molar refractivity (Wildman–Crippen MR) is 274 cm³/mol. The third-order valence-electron chi connectivity index (χ3n) is 9.60. The van der Waals surface area contributed by atoms with Gasteiger partial charge in [-0.05, 0) is 82.7 Å². The fourth-order valence-electron chi connectivity index (χ4n) is 6.94. The molecule has 8 rings (SSSR count). The molecule has 10 heteroatoms. The van der Waals surface area contributed by atoms with Crippen molar-refractivity contribution < 1.29 is 40.8 Å². The second kappa shape index (κ2) is 26.3. The van der Waals surface area contributed by atoms with Gasteiger partial charge in [-0.25, -0.2) is 0 Å². The third kappa shape index (κ3) is 12.8. The van der Waals surface area contributed by atoms with E-state index in [0.717, 1.165) is 21.2 Å². The average Bonchev–Trinajstić information content (AvgIpc) is 3.32. The molecule has 0 aliphatic heterocycles. The van der Waals surface area contributed by atoms with Crippen LogP contribution in [0.2, 0.25) is 0 Å². The van der Waals surface area contributed by atoms with E-state index >= 15 is 0 Å². The fraction of sp³-hybridized carbons (Fsp3) is 0.0385. The van der Waals surface area contributed by atoms with Crippen molar-refractivity contribution in [1.82, 2.24) is 0 Å². The Hall–Kier alpha value is -3.60. The van der Waals surface area contributed by atoms with Gasteiger partial charge in [-0.15, -0.1) is 0 Å². The summed E-state index contributed by atoms with van der Waals surface area (Å²) in [7, 11) is -3.14. The van der Waals surface area contributed by atoms with Gasteiger partial charge in [0.2, 0.25) is 5.15 Å². The zero-order chi connectivity index (χ0) is 41.2. The molecule has 8 aromatic carbocycles. The molecular formula is C52H42N2P4Pd2S2. The van der Waals surface area contributed by atoms with Crippen molar-refractivity contribution in [2.75, 3.05) is 5.90 Å². The van der Waals surface area contributed by atoms with E-state index in [0.29, 0.717) is 0 Å². The van der Waals surface area contributed by atoms with Gasteiger partial charge in [0.1, 0.15) is 0 Å². The maximum Gasteiger partial charge on any atom is 0.221 e. The summed E-state index contributed by atoms with van der Waals surface area (Å²) in [6.07, 6.45) is 0. The van der Waals surface area contributed by atoms with Gasteiger partial charge >= 0.3 is 0 Å². The first kappa shape index (κ1) is 49.4. The van der Waals surface area contributed by atoms with Crippen LogP contribution >= 0.6 is 56.1 Å². The first-order valence-electron chi connectivity index (χ1n) is 19.5. The van der Waals surface area contributed by atoms with Gasteiger partial charge in [-0.3, -0.25) is 0 Å². The minimum Gasteiger partial charge on any atom is -0.191 e. The first-order chi connectivity index (χ1) is 29.7. The molecule has 0 amide bonds. The van der Waals surface area contributed by atoms with E-state index in [9.17, 15) is 0 Å². The maximum atomic E-state index is 5.23. The zero-order valence-electron chi connectivity index (χ0n) is 33.4. The summed E-state index contributed by atoms with van der Waals surface area (Å²) in [4.78, 5) is 9.76. The molecule has 0 aromatic heterocycles. The Morgan fingerprint density at radius 2 is 0.484 bits per heavy atom. The van der Waals surface area contributed by atoms with Gasteiger partial charge in [-0.1, -0.05) is 243 Å². The van der Waals surface area contributed by atoms with Crippen LogP contribution in [0.4, 0.5) is 0 Å². The molecule has 0 spiro atoms. The third-order valence-corrected chi connectivity index (χ3v) is 21.8. The van der Waals surface area contributed by atoms with Crippen LogP contribution in [0.15, 0.2) is 253 Å². The minimum absolute atomic E-state index is 0. The SMILES string of the molecule is S=C=NC(N=C=S)(P(c1ccccc1)c1ccccc1)P(c1ccccc1)c1ccccc1.[Pd].[Pd].c1ccc(P(CP(c2ccccc2)c2ccccc2)c2ccccc2)cc1.